The Hall–Kier alpha value is -0.790. The number of nitrogens with zero attached hydrogens (tertiary/aromatic N) is 1. The highest BCUT2D eigenvalue weighted by molar-refractivity contribution is 5.79. The van der Waals surface area contributed by atoms with E-state index in [1.54, 1.807) is 0 Å². The van der Waals surface area contributed by atoms with Crippen LogP contribution in [0.25, 0.3) is 0 Å². The summed E-state index contributed by atoms with van der Waals surface area (Å²) in [4.78, 5) is 14.7. The molecular formula is C16H27NO. The van der Waals surface area contributed by atoms with Crippen LogP contribution < -0.4 is 0 Å². The quantitative estimate of drug-likeness (QED) is 0.699. The van der Waals surface area contributed by atoms with Crippen LogP contribution in [0.5, 0.6) is 0 Å². The second kappa shape index (κ2) is 5.90. The van der Waals surface area contributed by atoms with Gasteiger partial charge in [0.15, 0.2) is 0 Å². The normalized spacial score (nSPS) is 31.3. The molecule has 1 aliphatic heterocycles. The van der Waals surface area contributed by atoms with Crippen molar-refractivity contribution in [3.05, 3.63) is 12.7 Å². The van der Waals surface area contributed by atoms with Gasteiger partial charge in [0.25, 0.3) is 0 Å². The summed E-state index contributed by atoms with van der Waals surface area (Å²) in [5.41, 5.74) is 0. The highest BCUT2D eigenvalue weighted by Gasteiger charge is 2.36. The van der Waals surface area contributed by atoms with Crippen molar-refractivity contribution in [1.29, 1.82) is 0 Å². The highest BCUT2D eigenvalue weighted by atomic mass is 16.2. The fraction of sp³-hybridized carbons (Fsp3) is 0.812. The van der Waals surface area contributed by atoms with Crippen LogP contribution in [-0.2, 0) is 4.79 Å². The molecule has 1 saturated carbocycles. The Kier molecular flexibility index (Phi) is 4.47. The lowest BCUT2D eigenvalue weighted by Gasteiger charge is -2.32. The molecule has 1 aliphatic carbocycles. The fourth-order valence-electron chi connectivity index (χ4n) is 3.66. The van der Waals surface area contributed by atoms with Gasteiger partial charge in [-0.2, -0.15) is 0 Å². The van der Waals surface area contributed by atoms with E-state index in [-0.39, 0.29) is 12.0 Å². The molecule has 2 fully saturated rings. The Morgan fingerprint density at radius 2 is 2.00 bits per heavy atom. The smallest absolute Gasteiger partial charge is 0.226 e. The van der Waals surface area contributed by atoms with Crippen molar-refractivity contribution >= 4 is 5.91 Å². The van der Waals surface area contributed by atoms with E-state index in [0.717, 1.165) is 13.0 Å². The predicted molar refractivity (Wildman–Crippen MR) is 75.2 cm³/mol. The molecule has 2 heteroatoms. The van der Waals surface area contributed by atoms with Gasteiger partial charge in [0, 0.05) is 12.5 Å². The molecule has 2 nitrogen and oxygen atoms in total. The maximum absolute atomic E-state index is 12.6. The first-order chi connectivity index (χ1) is 8.63. The maximum Gasteiger partial charge on any atom is 0.226 e. The molecule has 0 aromatic heterocycles. The summed E-state index contributed by atoms with van der Waals surface area (Å²) >= 11 is 0. The monoisotopic (exact) mass is 249 g/mol. The lowest BCUT2D eigenvalue weighted by atomic mass is 9.80. The third-order valence-corrected chi connectivity index (χ3v) is 4.85. The van der Waals surface area contributed by atoms with Gasteiger partial charge in [0.1, 0.15) is 0 Å². The summed E-state index contributed by atoms with van der Waals surface area (Å²) in [5.74, 6) is 1.82. The second-order valence-corrected chi connectivity index (χ2v) is 6.32. The van der Waals surface area contributed by atoms with Gasteiger partial charge in [-0.3, -0.25) is 4.79 Å². The molecule has 102 valence electrons. The summed E-state index contributed by atoms with van der Waals surface area (Å²) in [7, 11) is 0. The Bertz CT molecular complexity index is 306. The van der Waals surface area contributed by atoms with Gasteiger partial charge in [-0.25, -0.2) is 0 Å². The third-order valence-electron chi connectivity index (χ3n) is 4.85. The van der Waals surface area contributed by atoms with Gasteiger partial charge in [0.2, 0.25) is 5.91 Å². The number of hydrogen-bond donors (Lipinski definition) is 0. The van der Waals surface area contributed by atoms with E-state index in [1.165, 1.54) is 32.1 Å². The van der Waals surface area contributed by atoms with Crippen molar-refractivity contribution in [3.8, 4) is 0 Å². The number of carbonyl (C=O) groups excluding carboxylic acids is 1. The van der Waals surface area contributed by atoms with Gasteiger partial charge in [0.05, 0.1) is 6.04 Å². The van der Waals surface area contributed by atoms with Crippen molar-refractivity contribution in [1.82, 2.24) is 4.90 Å². The molecule has 2 rings (SSSR count). The molecule has 0 spiro atoms. The summed E-state index contributed by atoms with van der Waals surface area (Å²) in [6, 6.07) is 0.276. The van der Waals surface area contributed by atoms with Gasteiger partial charge < -0.3 is 4.90 Å². The largest absolute Gasteiger partial charge is 0.336 e. The van der Waals surface area contributed by atoms with Gasteiger partial charge >= 0.3 is 0 Å². The van der Waals surface area contributed by atoms with Crippen molar-refractivity contribution < 1.29 is 4.79 Å². The average molecular weight is 249 g/mol. The van der Waals surface area contributed by atoms with Gasteiger partial charge in [-0.15, -0.1) is 6.58 Å². The Morgan fingerprint density at radius 3 is 2.61 bits per heavy atom. The standard InChI is InChI=1S/C16H27NO/c1-4-15-10-12(2)11-17(15)16(18)13(3)14-8-6-5-7-9-14/h4,12-15H,1,5-11H2,2-3H3/t12-,13?,15?/m1/s1. The summed E-state index contributed by atoms with van der Waals surface area (Å²) < 4.78 is 0. The van der Waals surface area contributed by atoms with E-state index in [0.29, 0.717) is 17.7 Å². The minimum Gasteiger partial charge on any atom is -0.336 e. The van der Waals surface area contributed by atoms with Crippen LogP contribution >= 0.6 is 0 Å². The SMILES string of the molecule is C=CC1C[C@@H](C)CN1C(=O)C(C)C1CCCCC1. The lowest BCUT2D eigenvalue weighted by Crippen LogP contribution is -2.40. The first-order valence-corrected chi connectivity index (χ1v) is 7.56. The molecule has 1 saturated heterocycles. The number of hydrogen-bond acceptors (Lipinski definition) is 1. The molecule has 0 aromatic carbocycles. The Labute approximate surface area is 111 Å². The highest BCUT2D eigenvalue weighted by Crippen LogP contribution is 2.33. The second-order valence-electron chi connectivity index (χ2n) is 6.32. The van der Waals surface area contributed by atoms with Crippen molar-refractivity contribution in [2.24, 2.45) is 17.8 Å². The van der Waals surface area contributed by atoms with Gasteiger partial charge in [-0.1, -0.05) is 39.2 Å². The number of rotatable bonds is 3. The van der Waals surface area contributed by atoms with E-state index in [9.17, 15) is 4.79 Å². The average Bonchev–Trinajstić information content (AvgIpc) is 2.79. The molecule has 0 bridgehead atoms. The van der Waals surface area contributed by atoms with E-state index in [2.05, 4.69) is 25.3 Å². The molecule has 0 aromatic rings. The number of carbonyl (C=O) groups is 1. The van der Waals surface area contributed by atoms with Crippen molar-refractivity contribution in [3.63, 3.8) is 0 Å². The van der Waals surface area contributed by atoms with E-state index >= 15 is 0 Å². The minimum absolute atomic E-state index is 0.207. The van der Waals surface area contributed by atoms with Crippen LogP contribution in [0.2, 0.25) is 0 Å². The molecule has 1 heterocycles. The molecule has 18 heavy (non-hydrogen) atoms. The molecule has 2 unspecified atom stereocenters. The number of likely N-dealkylation sites (tertiary alicyclic amines) is 1. The fourth-order valence-corrected chi connectivity index (χ4v) is 3.66. The van der Waals surface area contributed by atoms with Crippen LogP contribution in [0.15, 0.2) is 12.7 Å². The Balaban J connectivity index is 1.98. The van der Waals surface area contributed by atoms with Crippen LogP contribution in [0, 0.1) is 17.8 Å². The van der Waals surface area contributed by atoms with E-state index in [1.807, 2.05) is 6.08 Å². The zero-order valence-electron chi connectivity index (χ0n) is 11.9. The molecule has 0 N–H and O–H groups in total. The molecule has 2 aliphatic rings. The van der Waals surface area contributed by atoms with Crippen LogP contribution in [0.3, 0.4) is 0 Å². The van der Waals surface area contributed by atoms with Crippen molar-refractivity contribution in [2.75, 3.05) is 6.54 Å². The predicted octanol–water partition coefficient (Wildman–Crippen LogP) is 3.63. The lowest BCUT2D eigenvalue weighted by molar-refractivity contribution is -0.137. The maximum atomic E-state index is 12.6. The molecule has 3 atom stereocenters. The topological polar surface area (TPSA) is 20.3 Å². The number of amides is 1. The summed E-state index contributed by atoms with van der Waals surface area (Å²) in [6.45, 7) is 9.18. The zero-order valence-corrected chi connectivity index (χ0v) is 11.9. The summed E-state index contributed by atoms with van der Waals surface area (Å²) in [6.07, 6.45) is 9.51. The zero-order chi connectivity index (χ0) is 13.1. The molecular weight excluding hydrogens is 222 g/mol. The first kappa shape index (κ1) is 13.6. The van der Waals surface area contributed by atoms with Crippen LogP contribution in [-0.4, -0.2) is 23.4 Å². The Morgan fingerprint density at radius 1 is 1.33 bits per heavy atom. The first-order valence-electron chi connectivity index (χ1n) is 7.56. The molecule has 1 amide bonds. The summed E-state index contributed by atoms with van der Waals surface area (Å²) in [5, 5.41) is 0. The van der Waals surface area contributed by atoms with Crippen LogP contribution in [0.1, 0.15) is 52.4 Å². The minimum atomic E-state index is 0.207. The van der Waals surface area contributed by atoms with E-state index in [4.69, 9.17) is 0 Å². The van der Waals surface area contributed by atoms with Crippen LogP contribution in [0.4, 0.5) is 0 Å². The van der Waals surface area contributed by atoms with Gasteiger partial charge in [-0.05, 0) is 31.1 Å². The molecule has 0 radical (unpaired) electrons. The third kappa shape index (κ3) is 2.78. The van der Waals surface area contributed by atoms with Crippen molar-refractivity contribution in [2.45, 2.75) is 58.4 Å². The van der Waals surface area contributed by atoms with E-state index < -0.39 is 0 Å².